The molecule has 0 aliphatic rings. The van der Waals surface area contributed by atoms with Crippen molar-refractivity contribution in [2.24, 2.45) is 0 Å². The highest BCUT2D eigenvalue weighted by atomic mass is 32.1. The van der Waals surface area contributed by atoms with Crippen molar-refractivity contribution < 1.29 is 0 Å². The Labute approximate surface area is 179 Å². The zero-order chi connectivity index (χ0) is 19.9. The van der Waals surface area contributed by atoms with Gasteiger partial charge in [-0.2, -0.15) is 0 Å². The lowest BCUT2D eigenvalue weighted by Gasteiger charge is -2.13. The minimum absolute atomic E-state index is 1.11. The number of anilines is 2. The van der Waals surface area contributed by atoms with Crippen LogP contribution in [0.15, 0.2) is 109 Å². The van der Waals surface area contributed by atoms with Gasteiger partial charge in [0.2, 0.25) is 0 Å². The Bertz CT molecular complexity index is 1530. The molecule has 0 spiro atoms. The van der Waals surface area contributed by atoms with Crippen molar-refractivity contribution in [3.8, 4) is 11.1 Å². The lowest BCUT2D eigenvalue weighted by Crippen LogP contribution is -1.93. The fourth-order valence-electron chi connectivity index (χ4n) is 4.16. The lowest BCUT2D eigenvalue weighted by molar-refractivity contribution is 1.55. The topological polar surface area (TPSA) is 12.0 Å². The minimum Gasteiger partial charge on any atom is -0.355 e. The Hall–Kier alpha value is -3.62. The molecule has 0 saturated heterocycles. The van der Waals surface area contributed by atoms with Crippen LogP contribution in [0.2, 0.25) is 0 Å². The summed E-state index contributed by atoms with van der Waals surface area (Å²) in [6, 6.07) is 39.0. The summed E-state index contributed by atoms with van der Waals surface area (Å²) in [5.74, 6) is 0. The van der Waals surface area contributed by atoms with Gasteiger partial charge in [0.15, 0.2) is 0 Å². The van der Waals surface area contributed by atoms with Crippen molar-refractivity contribution in [3.63, 3.8) is 0 Å². The fraction of sp³-hybridized carbons (Fsp3) is 0. The van der Waals surface area contributed by atoms with Crippen molar-refractivity contribution in [1.29, 1.82) is 0 Å². The van der Waals surface area contributed by atoms with E-state index in [-0.39, 0.29) is 0 Å². The summed E-state index contributed by atoms with van der Waals surface area (Å²) in [5, 5.41) is 8.83. The number of fused-ring (bicyclic) bond motifs is 4. The molecule has 0 amide bonds. The fourth-order valence-corrected chi connectivity index (χ4v) is 5.25. The minimum atomic E-state index is 1.11. The molecule has 1 aromatic heterocycles. The predicted octanol–water partition coefficient (Wildman–Crippen LogP) is 8.62. The first kappa shape index (κ1) is 17.3. The monoisotopic (exact) mass is 401 g/mol. The van der Waals surface area contributed by atoms with Crippen LogP contribution in [0.3, 0.4) is 0 Å². The van der Waals surface area contributed by atoms with E-state index in [0.717, 1.165) is 11.4 Å². The van der Waals surface area contributed by atoms with Crippen LogP contribution in [0, 0.1) is 0 Å². The molecule has 30 heavy (non-hydrogen) atoms. The highest BCUT2D eigenvalue weighted by molar-refractivity contribution is 7.25. The van der Waals surface area contributed by atoms with Gasteiger partial charge >= 0.3 is 0 Å². The second-order valence-corrected chi connectivity index (χ2v) is 8.63. The third kappa shape index (κ3) is 2.94. The first-order valence-corrected chi connectivity index (χ1v) is 10.9. The number of benzene rings is 5. The van der Waals surface area contributed by atoms with E-state index in [4.69, 9.17) is 0 Å². The molecule has 6 aromatic rings. The molecule has 142 valence electrons. The summed E-state index contributed by atoms with van der Waals surface area (Å²) in [6.07, 6.45) is 0. The van der Waals surface area contributed by atoms with Crippen LogP contribution < -0.4 is 5.32 Å². The summed E-state index contributed by atoms with van der Waals surface area (Å²) in [6.45, 7) is 0. The number of thiophene rings is 1. The maximum Gasteiger partial charge on any atom is 0.0463 e. The smallest absolute Gasteiger partial charge is 0.0463 e. The van der Waals surface area contributed by atoms with Crippen LogP contribution in [0.5, 0.6) is 0 Å². The molecule has 0 unspecified atom stereocenters. The van der Waals surface area contributed by atoms with Gasteiger partial charge in [-0.1, -0.05) is 72.8 Å². The van der Waals surface area contributed by atoms with Crippen LogP contribution in [0.1, 0.15) is 0 Å². The lowest BCUT2D eigenvalue weighted by atomic mass is 9.99. The largest absolute Gasteiger partial charge is 0.355 e. The van der Waals surface area contributed by atoms with Crippen molar-refractivity contribution in [3.05, 3.63) is 109 Å². The summed E-state index contributed by atoms with van der Waals surface area (Å²) in [4.78, 5) is 0. The van der Waals surface area contributed by atoms with Gasteiger partial charge in [-0.3, -0.25) is 0 Å². The number of para-hydroxylation sites is 1. The molecule has 0 saturated carbocycles. The van der Waals surface area contributed by atoms with E-state index in [0.29, 0.717) is 0 Å². The van der Waals surface area contributed by atoms with Crippen molar-refractivity contribution in [1.82, 2.24) is 0 Å². The molecule has 0 fully saturated rings. The molecule has 1 nitrogen and oxygen atoms in total. The molecule has 6 rings (SSSR count). The van der Waals surface area contributed by atoms with Crippen molar-refractivity contribution in [2.75, 3.05) is 5.32 Å². The Kier molecular flexibility index (Phi) is 4.03. The van der Waals surface area contributed by atoms with E-state index in [9.17, 15) is 0 Å². The third-order valence-electron chi connectivity index (χ3n) is 5.64. The normalized spacial score (nSPS) is 11.3. The van der Waals surface area contributed by atoms with E-state index < -0.39 is 0 Å². The predicted molar refractivity (Wildman–Crippen MR) is 132 cm³/mol. The van der Waals surface area contributed by atoms with E-state index >= 15 is 0 Å². The Morgan fingerprint density at radius 1 is 0.533 bits per heavy atom. The average molecular weight is 402 g/mol. The summed E-state index contributed by atoms with van der Waals surface area (Å²) < 4.78 is 2.66. The van der Waals surface area contributed by atoms with Crippen molar-refractivity contribution in [2.45, 2.75) is 0 Å². The van der Waals surface area contributed by atoms with Gasteiger partial charge in [-0.05, 0) is 52.7 Å². The van der Waals surface area contributed by atoms with Crippen LogP contribution in [0.25, 0.3) is 42.1 Å². The highest BCUT2D eigenvalue weighted by Crippen LogP contribution is 2.37. The molecular weight excluding hydrogens is 382 g/mol. The Morgan fingerprint density at radius 2 is 1.30 bits per heavy atom. The molecule has 0 radical (unpaired) electrons. The maximum atomic E-state index is 3.67. The summed E-state index contributed by atoms with van der Waals surface area (Å²) in [7, 11) is 0. The molecule has 0 aliphatic heterocycles. The average Bonchev–Trinajstić information content (AvgIpc) is 3.17. The SMILES string of the molecule is c1ccc(-c2ccc3ccccc3c2)c(Nc2ccc3sc4ccccc4c3c2)c1. The Balaban J connectivity index is 1.43. The zero-order valence-electron chi connectivity index (χ0n) is 16.3. The van der Waals surface area contributed by atoms with Gasteiger partial charge in [-0.15, -0.1) is 11.3 Å². The third-order valence-corrected chi connectivity index (χ3v) is 6.80. The summed E-state index contributed by atoms with van der Waals surface area (Å²) in [5.41, 5.74) is 4.66. The second-order valence-electron chi connectivity index (χ2n) is 7.54. The number of nitrogens with one attached hydrogen (secondary N) is 1. The van der Waals surface area contributed by atoms with Gasteiger partial charge in [0, 0.05) is 37.1 Å². The maximum absolute atomic E-state index is 3.67. The molecule has 0 bridgehead atoms. The first-order chi connectivity index (χ1) is 14.8. The van der Waals surface area contributed by atoms with E-state index in [1.807, 2.05) is 11.3 Å². The molecule has 2 heteroatoms. The van der Waals surface area contributed by atoms with Crippen LogP contribution in [0.4, 0.5) is 11.4 Å². The molecule has 0 atom stereocenters. The quantitative estimate of drug-likeness (QED) is 0.313. The number of hydrogen-bond donors (Lipinski definition) is 1. The zero-order valence-corrected chi connectivity index (χ0v) is 17.1. The molecule has 1 N–H and O–H groups in total. The first-order valence-electron chi connectivity index (χ1n) is 10.1. The highest BCUT2D eigenvalue weighted by Gasteiger charge is 2.09. The van der Waals surface area contributed by atoms with Crippen LogP contribution in [-0.2, 0) is 0 Å². The van der Waals surface area contributed by atoms with Gasteiger partial charge in [0.1, 0.15) is 0 Å². The van der Waals surface area contributed by atoms with E-state index in [1.54, 1.807) is 0 Å². The van der Waals surface area contributed by atoms with E-state index in [2.05, 4.69) is 115 Å². The molecule has 5 aromatic carbocycles. The van der Waals surface area contributed by atoms with E-state index in [1.165, 1.54) is 42.1 Å². The van der Waals surface area contributed by atoms with Crippen LogP contribution in [-0.4, -0.2) is 0 Å². The second kappa shape index (κ2) is 7.01. The summed E-state index contributed by atoms with van der Waals surface area (Å²) >= 11 is 1.85. The van der Waals surface area contributed by atoms with Gasteiger partial charge < -0.3 is 5.32 Å². The van der Waals surface area contributed by atoms with Crippen LogP contribution >= 0.6 is 11.3 Å². The molecule has 0 aliphatic carbocycles. The Morgan fingerprint density at radius 3 is 2.27 bits per heavy atom. The molecule has 1 heterocycles. The number of rotatable bonds is 3. The standard InChI is InChI=1S/C28H19NS/c1-2-8-20-17-21(14-13-19(20)7-1)23-9-3-5-11-26(23)29-22-15-16-28-25(18-22)24-10-4-6-12-27(24)30-28/h1-18,29H. The van der Waals surface area contributed by atoms with Gasteiger partial charge in [-0.25, -0.2) is 0 Å². The van der Waals surface area contributed by atoms with Gasteiger partial charge in [0.25, 0.3) is 0 Å². The number of hydrogen-bond acceptors (Lipinski definition) is 2. The van der Waals surface area contributed by atoms with Gasteiger partial charge in [0.05, 0.1) is 0 Å². The molecular formula is C28H19NS. The van der Waals surface area contributed by atoms with Crippen molar-refractivity contribution >= 4 is 53.7 Å².